The molecule has 0 fully saturated rings. The number of hydrogen-bond acceptors (Lipinski definition) is 6. The largest absolute Gasteiger partial charge is 0.495 e. The number of nitrogens with one attached hydrogen (secondary N) is 1. The zero-order valence-corrected chi connectivity index (χ0v) is 24.3. The van der Waals surface area contributed by atoms with Crippen LogP contribution in [-0.2, 0) is 14.8 Å². The van der Waals surface area contributed by atoms with Gasteiger partial charge in [0.1, 0.15) is 22.9 Å². The number of sulfonamides is 1. The van der Waals surface area contributed by atoms with Crippen LogP contribution in [0.15, 0.2) is 95.9 Å². The van der Waals surface area contributed by atoms with Crippen LogP contribution in [0.3, 0.4) is 0 Å². The highest BCUT2D eigenvalue weighted by Gasteiger charge is 2.31. The smallest absolute Gasteiger partial charge is 0.268 e. The fourth-order valence-corrected chi connectivity index (χ4v) is 6.01. The fourth-order valence-electron chi connectivity index (χ4n) is 4.17. The molecular weight excluding hydrogens is 564 g/mol. The maximum Gasteiger partial charge on any atom is 0.268 e. The lowest BCUT2D eigenvalue weighted by molar-refractivity contribution is -0.114. The van der Waals surface area contributed by atoms with Gasteiger partial charge in [0.25, 0.3) is 10.0 Å². The zero-order valence-electron chi connectivity index (χ0n) is 22.8. The van der Waals surface area contributed by atoms with Crippen molar-refractivity contribution < 1.29 is 27.5 Å². The van der Waals surface area contributed by atoms with Crippen molar-refractivity contribution in [3.8, 4) is 11.5 Å². The number of amides is 1. The Labute approximate surface area is 244 Å². The quantitative estimate of drug-likeness (QED) is 0.211. The summed E-state index contributed by atoms with van der Waals surface area (Å²) >= 11 is 6.18. The lowest BCUT2D eigenvalue weighted by atomic mass is 10.0. The van der Waals surface area contributed by atoms with Crippen LogP contribution in [-0.4, -0.2) is 40.4 Å². The van der Waals surface area contributed by atoms with Gasteiger partial charge in [-0.15, -0.1) is 0 Å². The molecule has 0 aliphatic heterocycles. The molecule has 212 valence electrons. The summed E-state index contributed by atoms with van der Waals surface area (Å²) in [5.41, 5.74) is 1.73. The van der Waals surface area contributed by atoms with Gasteiger partial charge in [0.15, 0.2) is 5.78 Å². The maximum atomic E-state index is 14.0. The Morgan fingerprint density at radius 1 is 0.927 bits per heavy atom. The monoisotopic (exact) mass is 592 g/mol. The number of aryl methyl sites for hydroxylation is 1. The van der Waals surface area contributed by atoms with E-state index in [0.29, 0.717) is 28.5 Å². The second-order valence-corrected chi connectivity index (χ2v) is 11.3. The van der Waals surface area contributed by atoms with Crippen LogP contribution in [0.2, 0.25) is 5.02 Å². The SMILES string of the molecule is CCOc1ccc(N(CC(=O)Nc2ccc(Cl)cc2C(=O)c2ccccc2)S(=O)(=O)c2cc(C)ccc2OC)cc1. The molecule has 0 atom stereocenters. The van der Waals surface area contributed by atoms with Crippen LogP contribution >= 0.6 is 11.6 Å². The van der Waals surface area contributed by atoms with Gasteiger partial charge in [-0.3, -0.25) is 13.9 Å². The van der Waals surface area contributed by atoms with Crippen molar-refractivity contribution in [1.29, 1.82) is 0 Å². The van der Waals surface area contributed by atoms with Gasteiger partial charge in [0.2, 0.25) is 5.91 Å². The van der Waals surface area contributed by atoms with Crippen LogP contribution in [0, 0.1) is 6.92 Å². The number of nitrogens with zero attached hydrogens (tertiary/aromatic N) is 1. The molecule has 0 aliphatic carbocycles. The van der Waals surface area contributed by atoms with Gasteiger partial charge in [-0.25, -0.2) is 8.42 Å². The summed E-state index contributed by atoms with van der Waals surface area (Å²) in [5.74, 6) is -0.320. The van der Waals surface area contributed by atoms with Crippen LogP contribution in [0.5, 0.6) is 11.5 Å². The first-order valence-electron chi connectivity index (χ1n) is 12.7. The van der Waals surface area contributed by atoms with Crippen LogP contribution in [0.25, 0.3) is 0 Å². The van der Waals surface area contributed by atoms with E-state index in [1.54, 1.807) is 73.7 Å². The molecule has 0 radical (unpaired) electrons. The number of halogens is 1. The van der Waals surface area contributed by atoms with Gasteiger partial charge >= 0.3 is 0 Å². The van der Waals surface area contributed by atoms with E-state index in [2.05, 4.69) is 5.32 Å². The third kappa shape index (κ3) is 6.87. The van der Waals surface area contributed by atoms with Gasteiger partial charge in [0.05, 0.1) is 25.1 Å². The van der Waals surface area contributed by atoms with E-state index in [1.165, 1.54) is 31.4 Å². The van der Waals surface area contributed by atoms with Crippen molar-refractivity contribution in [2.24, 2.45) is 0 Å². The molecule has 1 amide bonds. The molecule has 0 aliphatic rings. The highest BCUT2D eigenvalue weighted by atomic mass is 35.5. The van der Waals surface area contributed by atoms with E-state index in [4.69, 9.17) is 21.1 Å². The summed E-state index contributed by atoms with van der Waals surface area (Å²) in [6, 6.07) is 24.2. The first-order valence-corrected chi connectivity index (χ1v) is 14.5. The molecule has 4 rings (SSSR count). The molecule has 0 heterocycles. The highest BCUT2D eigenvalue weighted by Crippen LogP contribution is 2.32. The first-order chi connectivity index (χ1) is 19.6. The van der Waals surface area contributed by atoms with Crippen LogP contribution in [0.4, 0.5) is 11.4 Å². The van der Waals surface area contributed by atoms with Crippen LogP contribution < -0.4 is 19.1 Å². The summed E-state index contributed by atoms with van der Waals surface area (Å²) < 4.78 is 39.9. The lowest BCUT2D eigenvalue weighted by Gasteiger charge is -2.25. The molecule has 0 saturated heterocycles. The molecule has 8 nitrogen and oxygen atoms in total. The highest BCUT2D eigenvalue weighted by molar-refractivity contribution is 7.93. The molecule has 0 bridgehead atoms. The summed E-state index contributed by atoms with van der Waals surface area (Å²) in [4.78, 5) is 26.6. The Hall–Kier alpha value is -4.34. The summed E-state index contributed by atoms with van der Waals surface area (Å²) in [6.07, 6.45) is 0. The van der Waals surface area contributed by atoms with Crippen molar-refractivity contribution in [1.82, 2.24) is 0 Å². The molecule has 0 unspecified atom stereocenters. The Morgan fingerprint density at radius 3 is 2.29 bits per heavy atom. The molecular formula is C31H29ClN2O6S. The van der Waals surface area contributed by atoms with Crippen molar-refractivity contribution in [3.63, 3.8) is 0 Å². The third-order valence-corrected chi connectivity index (χ3v) is 8.18. The van der Waals surface area contributed by atoms with E-state index < -0.39 is 22.5 Å². The molecule has 0 aromatic heterocycles. The minimum atomic E-state index is -4.29. The zero-order chi connectivity index (χ0) is 29.6. The molecule has 10 heteroatoms. The Balaban J connectivity index is 1.71. The number of benzene rings is 4. The molecule has 4 aromatic carbocycles. The van der Waals surface area contributed by atoms with Crippen molar-refractivity contribution in [2.45, 2.75) is 18.7 Å². The van der Waals surface area contributed by atoms with Gasteiger partial charge in [-0.2, -0.15) is 0 Å². The molecule has 41 heavy (non-hydrogen) atoms. The second-order valence-electron chi connectivity index (χ2n) is 9.03. The number of hydrogen-bond donors (Lipinski definition) is 1. The van der Waals surface area contributed by atoms with Crippen molar-refractivity contribution in [3.05, 3.63) is 113 Å². The molecule has 4 aromatic rings. The summed E-state index contributed by atoms with van der Waals surface area (Å²) in [7, 11) is -2.91. The molecule has 0 spiro atoms. The molecule has 0 saturated carbocycles. The fraction of sp³-hybridized carbons (Fsp3) is 0.161. The topological polar surface area (TPSA) is 102 Å². The average molecular weight is 593 g/mol. The minimum absolute atomic E-state index is 0.0897. The Kier molecular flexibility index (Phi) is 9.31. The van der Waals surface area contributed by atoms with E-state index >= 15 is 0 Å². The third-order valence-electron chi connectivity index (χ3n) is 6.15. The minimum Gasteiger partial charge on any atom is -0.495 e. The lowest BCUT2D eigenvalue weighted by Crippen LogP contribution is -2.38. The first kappa shape index (κ1) is 29.6. The average Bonchev–Trinajstić information content (AvgIpc) is 2.97. The Bertz CT molecular complexity index is 1660. The normalized spacial score (nSPS) is 11.0. The van der Waals surface area contributed by atoms with Gasteiger partial charge < -0.3 is 14.8 Å². The van der Waals surface area contributed by atoms with Crippen molar-refractivity contribution >= 4 is 44.7 Å². The van der Waals surface area contributed by atoms with Crippen LogP contribution in [0.1, 0.15) is 28.4 Å². The number of carbonyl (C=O) groups is 2. The Morgan fingerprint density at radius 2 is 1.63 bits per heavy atom. The number of ketones is 1. The predicted molar refractivity (Wildman–Crippen MR) is 160 cm³/mol. The van der Waals surface area contributed by atoms with Crippen molar-refractivity contribution in [2.75, 3.05) is 29.9 Å². The number of rotatable bonds is 11. The van der Waals surface area contributed by atoms with E-state index in [9.17, 15) is 18.0 Å². The second kappa shape index (κ2) is 12.9. The van der Waals surface area contributed by atoms with Gasteiger partial charge in [-0.05, 0) is 74.0 Å². The van der Waals surface area contributed by atoms with Gasteiger partial charge in [-0.1, -0.05) is 48.0 Å². The predicted octanol–water partition coefficient (Wildman–Crippen LogP) is 6.12. The van der Waals surface area contributed by atoms with E-state index in [1.807, 2.05) is 6.92 Å². The standard InChI is InChI=1S/C31H29ClN2O6S/c1-4-40-25-14-12-24(13-15-25)34(41(37,38)29-18-21(2)10-17-28(29)39-3)20-30(35)33-27-16-11-23(32)19-26(27)31(36)22-8-6-5-7-9-22/h5-19H,4,20H2,1-3H3,(H,33,35). The maximum absolute atomic E-state index is 14.0. The van der Waals surface area contributed by atoms with Gasteiger partial charge in [0, 0.05) is 16.1 Å². The number of methoxy groups -OCH3 is 1. The summed E-state index contributed by atoms with van der Waals surface area (Å²) in [5, 5.41) is 3.02. The molecule has 1 N–H and O–H groups in total. The number of anilines is 2. The number of ether oxygens (including phenoxy) is 2. The summed E-state index contributed by atoms with van der Waals surface area (Å²) in [6.45, 7) is 3.45. The van der Waals surface area contributed by atoms with E-state index in [-0.39, 0.29) is 33.4 Å². The van der Waals surface area contributed by atoms with E-state index in [0.717, 1.165) is 4.31 Å². The number of carbonyl (C=O) groups excluding carboxylic acids is 2.